The van der Waals surface area contributed by atoms with Crippen molar-refractivity contribution in [3.63, 3.8) is 0 Å². The molecule has 32 heavy (non-hydrogen) atoms. The highest BCUT2D eigenvalue weighted by atomic mass is 35.5. The van der Waals surface area contributed by atoms with E-state index in [1.807, 2.05) is 0 Å². The Hall–Kier alpha value is -2.91. The molecule has 0 aromatic heterocycles. The van der Waals surface area contributed by atoms with Crippen LogP contribution in [-0.4, -0.2) is 31.1 Å². The highest BCUT2D eigenvalue weighted by molar-refractivity contribution is 7.89. The molecule has 0 fully saturated rings. The first-order valence-corrected chi connectivity index (χ1v) is 11.5. The SMILES string of the molecule is NC(=O)c1ccc(NC(=O)CN(Cc2cccc(Cl)c2)S(=O)(=O)c2ccc(Cl)cc2)cc1. The van der Waals surface area contributed by atoms with Crippen LogP contribution in [-0.2, 0) is 21.4 Å². The molecular weight excluding hydrogens is 473 g/mol. The second-order valence-electron chi connectivity index (χ2n) is 6.85. The predicted molar refractivity (Wildman–Crippen MR) is 124 cm³/mol. The Balaban J connectivity index is 1.85. The van der Waals surface area contributed by atoms with Crippen LogP contribution in [0.5, 0.6) is 0 Å². The van der Waals surface area contributed by atoms with Gasteiger partial charge in [-0.3, -0.25) is 9.59 Å². The van der Waals surface area contributed by atoms with Crippen LogP contribution in [0.4, 0.5) is 5.69 Å². The van der Waals surface area contributed by atoms with E-state index in [1.54, 1.807) is 24.3 Å². The third kappa shape index (κ3) is 6.08. The van der Waals surface area contributed by atoms with Crippen molar-refractivity contribution in [1.29, 1.82) is 0 Å². The molecule has 3 aromatic rings. The van der Waals surface area contributed by atoms with Gasteiger partial charge in [0.1, 0.15) is 0 Å². The number of carbonyl (C=O) groups excluding carboxylic acids is 2. The van der Waals surface area contributed by atoms with Crippen LogP contribution >= 0.6 is 23.2 Å². The topological polar surface area (TPSA) is 110 Å². The van der Waals surface area contributed by atoms with E-state index in [0.29, 0.717) is 21.3 Å². The normalized spacial score (nSPS) is 11.3. The van der Waals surface area contributed by atoms with Gasteiger partial charge in [0.25, 0.3) is 0 Å². The summed E-state index contributed by atoms with van der Waals surface area (Å²) in [6.45, 7) is -0.519. The number of carbonyl (C=O) groups is 2. The van der Waals surface area contributed by atoms with Gasteiger partial charge in [0.2, 0.25) is 21.8 Å². The maximum atomic E-state index is 13.3. The molecule has 10 heteroatoms. The van der Waals surface area contributed by atoms with Gasteiger partial charge in [0.15, 0.2) is 0 Å². The van der Waals surface area contributed by atoms with Gasteiger partial charge in [-0.25, -0.2) is 8.42 Å². The van der Waals surface area contributed by atoms with Crippen LogP contribution < -0.4 is 11.1 Å². The molecule has 3 rings (SSSR count). The average Bonchev–Trinajstić information content (AvgIpc) is 2.74. The molecule has 0 saturated carbocycles. The number of nitrogens with two attached hydrogens (primary N) is 1. The van der Waals surface area contributed by atoms with Crippen LogP contribution in [0.25, 0.3) is 0 Å². The number of hydrogen-bond acceptors (Lipinski definition) is 4. The van der Waals surface area contributed by atoms with Crippen LogP contribution in [0, 0.1) is 0 Å². The number of nitrogens with one attached hydrogen (secondary N) is 1. The molecule has 0 aliphatic rings. The van der Waals surface area contributed by atoms with E-state index in [1.165, 1.54) is 48.5 Å². The summed E-state index contributed by atoms with van der Waals surface area (Å²) in [7, 11) is -4.02. The van der Waals surface area contributed by atoms with Gasteiger partial charge >= 0.3 is 0 Å². The average molecular weight is 492 g/mol. The number of anilines is 1. The quantitative estimate of drug-likeness (QED) is 0.497. The molecule has 0 unspecified atom stereocenters. The van der Waals surface area contributed by atoms with Crippen molar-refractivity contribution >= 4 is 50.7 Å². The maximum absolute atomic E-state index is 13.3. The Morgan fingerprint density at radius 1 is 0.906 bits per heavy atom. The number of sulfonamides is 1. The van der Waals surface area contributed by atoms with Crippen LogP contribution in [0.15, 0.2) is 77.7 Å². The molecule has 0 radical (unpaired) electrons. The molecule has 0 bridgehead atoms. The largest absolute Gasteiger partial charge is 0.366 e. The minimum absolute atomic E-state index is 0.00235. The molecule has 0 aliphatic heterocycles. The first kappa shape index (κ1) is 23.7. The van der Waals surface area contributed by atoms with Gasteiger partial charge in [-0.05, 0) is 66.2 Å². The highest BCUT2D eigenvalue weighted by Crippen LogP contribution is 2.22. The van der Waals surface area contributed by atoms with Gasteiger partial charge < -0.3 is 11.1 Å². The summed E-state index contributed by atoms with van der Waals surface area (Å²) in [4.78, 5) is 23.9. The maximum Gasteiger partial charge on any atom is 0.248 e. The highest BCUT2D eigenvalue weighted by Gasteiger charge is 2.27. The lowest BCUT2D eigenvalue weighted by atomic mass is 10.2. The molecule has 3 N–H and O–H groups in total. The third-order valence-electron chi connectivity index (χ3n) is 4.47. The van der Waals surface area contributed by atoms with Gasteiger partial charge in [0, 0.05) is 27.8 Å². The fourth-order valence-corrected chi connectivity index (χ4v) is 4.62. The lowest BCUT2D eigenvalue weighted by Crippen LogP contribution is -2.37. The number of halogens is 2. The number of amides is 2. The van der Waals surface area contributed by atoms with Crippen molar-refractivity contribution in [2.24, 2.45) is 5.73 Å². The fourth-order valence-electron chi connectivity index (χ4n) is 2.90. The Labute approximate surface area is 195 Å². The van der Waals surface area contributed by atoms with Crippen LogP contribution in [0.1, 0.15) is 15.9 Å². The summed E-state index contributed by atoms with van der Waals surface area (Å²) in [5, 5.41) is 3.46. The molecule has 0 atom stereocenters. The zero-order chi connectivity index (χ0) is 23.3. The first-order chi connectivity index (χ1) is 15.1. The molecule has 3 aromatic carbocycles. The summed E-state index contributed by atoms with van der Waals surface area (Å²) in [5.41, 5.74) is 6.51. The van der Waals surface area contributed by atoms with Crippen molar-refractivity contribution in [3.05, 3.63) is 94.0 Å². The summed E-state index contributed by atoms with van der Waals surface area (Å²) in [6.07, 6.45) is 0. The van der Waals surface area contributed by atoms with E-state index in [-0.39, 0.29) is 17.0 Å². The van der Waals surface area contributed by atoms with Crippen LogP contribution in [0.3, 0.4) is 0 Å². The Morgan fingerprint density at radius 2 is 1.56 bits per heavy atom. The molecule has 0 aliphatic carbocycles. The monoisotopic (exact) mass is 491 g/mol. The molecule has 7 nitrogen and oxygen atoms in total. The van der Waals surface area contributed by atoms with Crippen molar-refractivity contribution < 1.29 is 18.0 Å². The van der Waals surface area contributed by atoms with E-state index in [9.17, 15) is 18.0 Å². The lowest BCUT2D eigenvalue weighted by Gasteiger charge is -2.22. The van der Waals surface area contributed by atoms with Crippen LogP contribution in [0.2, 0.25) is 10.0 Å². The van der Waals surface area contributed by atoms with Crippen molar-refractivity contribution in [3.8, 4) is 0 Å². The molecule has 0 saturated heterocycles. The molecule has 166 valence electrons. The number of hydrogen-bond donors (Lipinski definition) is 2. The molecule has 0 spiro atoms. The van der Waals surface area contributed by atoms with E-state index in [2.05, 4.69) is 5.32 Å². The van der Waals surface area contributed by atoms with E-state index in [4.69, 9.17) is 28.9 Å². The van der Waals surface area contributed by atoms with Gasteiger partial charge in [-0.2, -0.15) is 4.31 Å². The number of primary amides is 1. The Morgan fingerprint density at radius 3 is 2.16 bits per heavy atom. The number of rotatable bonds is 8. The second kappa shape index (κ2) is 10.1. The van der Waals surface area contributed by atoms with Crippen molar-refractivity contribution in [2.45, 2.75) is 11.4 Å². The number of benzene rings is 3. The van der Waals surface area contributed by atoms with Gasteiger partial charge in [-0.1, -0.05) is 35.3 Å². The molecular formula is C22H19Cl2N3O4S. The summed E-state index contributed by atoms with van der Waals surface area (Å²) < 4.78 is 27.6. The third-order valence-corrected chi connectivity index (χ3v) is 6.77. The summed E-state index contributed by atoms with van der Waals surface area (Å²) in [5.74, 6) is -1.15. The molecule has 2 amide bonds. The first-order valence-electron chi connectivity index (χ1n) is 9.35. The van der Waals surface area contributed by atoms with E-state index >= 15 is 0 Å². The zero-order valence-corrected chi connectivity index (χ0v) is 19.0. The van der Waals surface area contributed by atoms with Gasteiger partial charge in [-0.15, -0.1) is 0 Å². The Bertz CT molecular complexity index is 1230. The standard InChI is InChI=1S/C22H19Cl2N3O4S/c23-17-6-10-20(11-7-17)32(30,31)27(13-15-2-1-3-18(24)12-15)14-21(28)26-19-8-4-16(5-9-19)22(25)29/h1-12H,13-14H2,(H2,25,29)(H,26,28). The summed E-state index contributed by atoms with van der Waals surface area (Å²) in [6, 6.07) is 18.4. The second-order valence-corrected chi connectivity index (χ2v) is 9.66. The van der Waals surface area contributed by atoms with Gasteiger partial charge in [0.05, 0.1) is 11.4 Å². The Kier molecular flexibility index (Phi) is 7.52. The van der Waals surface area contributed by atoms with E-state index < -0.39 is 28.4 Å². The van der Waals surface area contributed by atoms with Crippen molar-refractivity contribution in [2.75, 3.05) is 11.9 Å². The smallest absolute Gasteiger partial charge is 0.248 e. The zero-order valence-electron chi connectivity index (χ0n) is 16.7. The lowest BCUT2D eigenvalue weighted by molar-refractivity contribution is -0.116. The van der Waals surface area contributed by atoms with Crippen molar-refractivity contribution in [1.82, 2.24) is 4.31 Å². The molecule has 0 heterocycles. The minimum atomic E-state index is -4.02. The predicted octanol–water partition coefficient (Wildman–Crippen LogP) is 3.92. The fraction of sp³-hybridized carbons (Fsp3) is 0.0909. The minimum Gasteiger partial charge on any atom is -0.366 e. The number of nitrogens with zero attached hydrogens (tertiary/aromatic N) is 1. The van der Waals surface area contributed by atoms with E-state index in [0.717, 1.165) is 4.31 Å². The summed E-state index contributed by atoms with van der Waals surface area (Å²) >= 11 is 11.9.